The van der Waals surface area contributed by atoms with E-state index in [1.807, 2.05) is 17.7 Å². The highest BCUT2D eigenvalue weighted by molar-refractivity contribution is 5.85. The molecule has 0 radical (unpaired) electrons. The number of aliphatic hydroxyl groups excluding tert-OH is 1. The van der Waals surface area contributed by atoms with Gasteiger partial charge < -0.3 is 19.1 Å². The number of aliphatic hydroxyl groups is 1. The molecule has 1 fully saturated rings. The van der Waals surface area contributed by atoms with Crippen molar-refractivity contribution < 1.29 is 14.6 Å². The summed E-state index contributed by atoms with van der Waals surface area (Å²) in [4.78, 5) is 8.46. The predicted molar refractivity (Wildman–Crippen MR) is 76.8 cm³/mol. The lowest BCUT2D eigenvalue weighted by molar-refractivity contribution is -0.0260. The van der Waals surface area contributed by atoms with Crippen LogP contribution in [0.1, 0.15) is 18.2 Å². The van der Waals surface area contributed by atoms with Crippen LogP contribution in [0.5, 0.6) is 5.88 Å². The van der Waals surface area contributed by atoms with Crippen molar-refractivity contribution in [3.8, 4) is 18.2 Å². The van der Waals surface area contributed by atoms with E-state index in [4.69, 9.17) is 15.9 Å². The van der Waals surface area contributed by atoms with Crippen molar-refractivity contribution in [2.45, 2.75) is 25.7 Å². The molecule has 3 rings (SSSR count). The van der Waals surface area contributed by atoms with Crippen molar-refractivity contribution in [2.24, 2.45) is 5.92 Å². The third kappa shape index (κ3) is 2.15. The zero-order valence-corrected chi connectivity index (χ0v) is 12.0. The number of rotatable bonds is 3. The Kier molecular flexibility index (Phi) is 3.53. The Hall–Kier alpha value is -2.10. The molecule has 6 heteroatoms. The molecular formula is C15H17N3O3. The second-order valence-corrected chi connectivity index (χ2v) is 5.14. The SMILES string of the molecule is C#C[C@H]1C[C@@H](CO)O[C@H]1n1cc(C)c2c(OC)ncnc21. The molecule has 0 aromatic carbocycles. The number of terminal acetylenes is 1. The molecule has 0 aliphatic carbocycles. The van der Waals surface area contributed by atoms with Gasteiger partial charge in [-0.1, -0.05) is 5.92 Å². The van der Waals surface area contributed by atoms with Crippen LogP contribution >= 0.6 is 0 Å². The first-order chi connectivity index (χ1) is 10.2. The summed E-state index contributed by atoms with van der Waals surface area (Å²) in [5.41, 5.74) is 1.72. The van der Waals surface area contributed by atoms with Gasteiger partial charge in [0.25, 0.3) is 0 Å². The highest BCUT2D eigenvalue weighted by Crippen LogP contribution is 2.38. The predicted octanol–water partition coefficient (Wildman–Crippen LogP) is 1.28. The van der Waals surface area contributed by atoms with Crippen LogP contribution in [0.25, 0.3) is 11.0 Å². The fraction of sp³-hybridized carbons (Fsp3) is 0.467. The number of aromatic nitrogens is 3. The molecule has 0 spiro atoms. The minimum absolute atomic E-state index is 0.0365. The quantitative estimate of drug-likeness (QED) is 0.861. The third-order valence-corrected chi connectivity index (χ3v) is 3.84. The lowest BCUT2D eigenvalue weighted by Gasteiger charge is -2.17. The molecular weight excluding hydrogens is 270 g/mol. The van der Waals surface area contributed by atoms with E-state index in [0.717, 1.165) is 16.6 Å². The summed E-state index contributed by atoms with van der Waals surface area (Å²) >= 11 is 0. The zero-order valence-electron chi connectivity index (χ0n) is 12.0. The molecule has 0 bridgehead atoms. The minimum Gasteiger partial charge on any atom is -0.480 e. The van der Waals surface area contributed by atoms with Crippen LogP contribution in [0.3, 0.4) is 0 Å². The molecule has 0 unspecified atom stereocenters. The van der Waals surface area contributed by atoms with Crippen molar-refractivity contribution in [3.05, 3.63) is 18.1 Å². The number of hydrogen-bond donors (Lipinski definition) is 1. The number of methoxy groups -OCH3 is 1. The van der Waals surface area contributed by atoms with Crippen LogP contribution in [0.4, 0.5) is 0 Å². The van der Waals surface area contributed by atoms with Crippen molar-refractivity contribution in [3.63, 3.8) is 0 Å². The monoisotopic (exact) mass is 287 g/mol. The largest absolute Gasteiger partial charge is 0.480 e. The molecule has 2 aromatic rings. The fourth-order valence-electron chi connectivity index (χ4n) is 2.86. The van der Waals surface area contributed by atoms with Gasteiger partial charge in [0.2, 0.25) is 5.88 Å². The molecule has 3 heterocycles. The molecule has 6 nitrogen and oxygen atoms in total. The van der Waals surface area contributed by atoms with Gasteiger partial charge >= 0.3 is 0 Å². The van der Waals surface area contributed by atoms with E-state index >= 15 is 0 Å². The van der Waals surface area contributed by atoms with Gasteiger partial charge in [0.15, 0.2) is 0 Å². The maximum absolute atomic E-state index is 9.30. The first-order valence-corrected chi connectivity index (χ1v) is 6.78. The van der Waals surface area contributed by atoms with Crippen LogP contribution in [0, 0.1) is 25.2 Å². The second-order valence-electron chi connectivity index (χ2n) is 5.14. The van der Waals surface area contributed by atoms with Crippen molar-refractivity contribution in [1.82, 2.24) is 14.5 Å². The molecule has 1 N–H and O–H groups in total. The van der Waals surface area contributed by atoms with E-state index in [9.17, 15) is 5.11 Å². The molecule has 2 aromatic heterocycles. The van der Waals surface area contributed by atoms with Crippen molar-refractivity contribution >= 4 is 11.0 Å². The van der Waals surface area contributed by atoms with Crippen molar-refractivity contribution in [2.75, 3.05) is 13.7 Å². The molecule has 21 heavy (non-hydrogen) atoms. The van der Waals surface area contributed by atoms with E-state index < -0.39 is 0 Å². The van der Waals surface area contributed by atoms with Gasteiger partial charge in [-0.3, -0.25) is 0 Å². The third-order valence-electron chi connectivity index (χ3n) is 3.84. The van der Waals surface area contributed by atoms with Crippen molar-refractivity contribution in [1.29, 1.82) is 0 Å². The van der Waals surface area contributed by atoms with E-state index in [2.05, 4.69) is 15.9 Å². The summed E-state index contributed by atoms with van der Waals surface area (Å²) in [7, 11) is 1.58. The van der Waals surface area contributed by atoms with Gasteiger partial charge in [-0.05, 0) is 18.9 Å². The highest BCUT2D eigenvalue weighted by atomic mass is 16.5. The van der Waals surface area contributed by atoms with Crippen LogP contribution in [0.15, 0.2) is 12.5 Å². The van der Waals surface area contributed by atoms with Gasteiger partial charge in [-0.25, -0.2) is 9.97 Å². The molecule has 0 amide bonds. The lowest BCUT2D eigenvalue weighted by atomic mass is 10.0. The number of fused-ring (bicyclic) bond motifs is 1. The Morgan fingerprint density at radius 3 is 3.05 bits per heavy atom. The number of nitrogens with zero attached hydrogens (tertiary/aromatic N) is 3. The van der Waals surface area contributed by atoms with Gasteiger partial charge in [0.05, 0.1) is 31.1 Å². The van der Waals surface area contributed by atoms with Gasteiger partial charge in [0.1, 0.15) is 18.2 Å². The zero-order chi connectivity index (χ0) is 15.0. The Bertz CT molecular complexity index is 704. The average molecular weight is 287 g/mol. The Labute approximate surface area is 122 Å². The molecule has 1 aliphatic heterocycles. The van der Waals surface area contributed by atoms with E-state index in [1.165, 1.54) is 6.33 Å². The number of aryl methyl sites for hydroxylation is 1. The summed E-state index contributed by atoms with van der Waals surface area (Å²) in [6, 6.07) is 0. The number of hydrogen-bond acceptors (Lipinski definition) is 5. The smallest absolute Gasteiger partial charge is 0.226 e. The molecule has 1 aliphatic rings. The van der Waals surface area contributed by atoms with Crippen LogP contribution in [-0.2, 0) is 4.74 Å². The summed E-state index contributed by atoms with van der Waals surface area (Å²) in [5.74, 6) is 3.18. The fourth-order valence-corrected chi connectivity index (χ4v) is 2.86. The lowest BCUT2D eigenvalue weighted by Crippen LogP contribution is -2.15. The summed E-state index contributed by atoms with van der Waals surface area (Å²) < 4.78 is 13.1. The first-order valence-electron chi connectivity index (χ1n) is 6.78. The topological polar surface area (TPSA) is 69.4 Å². The van der Waals surface area contributed by atoms with E-state index in [1.54, 1.807) is 7.11 Å². The standard InChI is InChI=1S/C15H17N3O3/c1-4-10-5-11(7-19)21-15(10)18-6-9(2)12-13(18)16-8-17-14(12)20-3/h1,6,8,10-11,15,19H,5,7H2,2-3H3/t10-,11-,15+/m0/s1. The highest BCUT2D eigenvalue weighted by Gasteiger charge is 2.36. The van der Waals surface area contributed by atoms with Gasteiger partial charge in [-0.15, -0.1) is 6.42 Å². The van der Waals surface area contributed by atoms with Crippen LogP contribution < -0.4 is 4.74 Å². The minimum atomic E-state index is -0.331. The molecule has 0 saturated carbocycles. The maximum Gasteiger partial charge on any atom is 0.226 e. The molecule has 1 saturated heterocycles. The van der Waals surface area contributed by atoms with E-state index in [0.29, 0.717) is 12.3 Å². The maximum atomic E-state index is 9.30. The number of ether oxygens (including phenoxy) is 2. The van der Waals surface area contributed by atoms with E-state index in [-0.39, 0.29) is 24.9 Å². The van der Waals surface area contributed by atoms with Gasteiger partial charge in [0, 0.05) is 6.20 Å². The second kappa shape index (κ2) is 5.35. The average Bonchev–Trinajstić information content (AvgIpc) is 3.08. The Morgan fingerprint density at radius 1 is 1.57 bits per heavy atom. The first kappa shape index (κ1) is 13.9. The normalized spacial score (nSPS) is 25.1. The summed E-state index contributed by atoms with van der Waals surface area (Å²) in [6.45, 7) is 1.93. The summed E-state index contributed by atoms with van der Waals surface area (Å²) in [6.07, 6.45) is 9.07. The molecule has 3 atom stereocenters. The van der Waals surface area contributed by atoms with Gasteiger partial charge in [-0.2, -0.15) is 0 Å². The Balaban J connectivity index is 2.11. The van der Waals surface area contributed by atoms with Crippen LogP contribution in [0.2, 0.25) is 0 Å². The summed E-state index contributed by atoms with van der Waals surface area (Å²) in [5, 5.41) is 10.1. The van der Waals surface area contributed by atoms with Crippen LogP contribution in [-0.4, -0.2) is 39.5 Å². The molecule has 110 valence electrons. The Morgan fingerprint density at radius 2 is 2.38 bits per heavy atom.